The molecule has 82 valence electrons. The third-order valence-corrected chi connectivity index (χ3v) is 2.48. The zero-order chi connectivity index (χ0) is 11.4. The monoisotopic (exact) mass is 208 g/mol. The summed E-state index contributed by atoms with van der Waals surface area (Å²) in [6.07, 6.45) is 0. The molecule has 0 aliphatic heterocycles. The topological polar surface area (TPSA) is 46.5 Å². The number of aliphatic hydroxyl groups excluding tert-OH is 1. The molecule has 0 radical (unpaired) electrons. The number of aliphatic hydroxyl groups is 1. The second-order valence-electron chi connectivity index (χ2n) is 3.59. The molecule has 0 heterocycles. The summed E-state index contributed by atoms with van der Waals surface area (Å²) in [5.41, 5.74) is 3.82. The van der Waals surface area contributed by atoms with Crippen molar-refractivity contribution in [1.82, 2.24) is 0 Å². The molecule has 15 heavy (non-hydrogen) atoms. The lowest BCUT2D eigenvalue weighted by molar-refractivity contribution is -0.142. The molecule has 0 saturated carbocycles. The molecule has 0 aromatic heterocycles. The molecule has 1 aromatic rings. The Bertz CT molecular complexity index is 369. The van der Waals surface area contributed by atoms with Gasteiger partial charge in [0.25, 0.3) is 0 Å². The first-order valence-corrected chi connectivity index (χ1v) is 4.88. The van der Waals surface area contributed by atoms with Crippen molar-refractivity contribution in [3.63, 3.8) is 0 Å². The molecule has 0 saturated heterocycles. The van der Waals surface area contributed by atoms with Gasteiger partial charge in [-0.15, -0.1) is 0 Å². The Kier molecular flexibility index (Phi) is 3.86. The van der Waals surface area contributed by atoms with E-state index in [1.165, 1.54) is 6.92 Å². The van der Waals surface area contributed by atoms with Crippen molar-refractivity contribution in [2.24, 2.45) is 0 Å². The van der Waals surface area contributed by atoms with Crippen molar-refractivity contribution in [2.75, 3.05) is 0 Å². The summed E-state index contributed by atoms with van der Waals surface area (Å²) < 4.78 is 4.96. The minimum atomic E-state index is -0.306. The van der Waals surface area contributed by atoms with Gasteiger partial charge in [0, 0.05) is 6.92 Å². The molecule has 0 bridgehead atoms. The molecule has 0 unspecified atom stereocenters. The summed E-state index contributed by atoms with van der Waals surface area (Å²) in [6, 6.07) is 3.92. The Hall–Kier alpha value is -1.35. The third kappa shape index (κ3) is 2.80. The van der Waals surface area contributed by atoms with E-state index in [2.05, 4.69) is 0 Å². The number of carbonyl (C=O) groups is 1. The summed E-state index contributed by atoms with van der Waals surface area (Å²) in [7, 11) is 0. The maximum absolute atomic E-state index is 10.7. The van der Waals surface area contributed by atoms with E-state index >= 15 is 0 Å². The molecule has 1 N–H and O–H groups in total. The number of ether oxygens (including phenoxy) is 1. The average Bonchev–Trinajstić information content (AvgIpc) is 2.19. The van der Waals surface area contributed by atoms with Crippen LogP contribution in [0.15, 0.2) is 12.1 Å². The molecule has 1 rings (SSSR count). The van der Waals surface area contributed by atoms with Crippen molar-refractivity contribution < 1.29 is 14.6 Å². The largest absolute Gasteiger partial charge is 0.461 e. The lowest BCUT2D eigenvalue weighted by atomic mass is 9.98. The lowest BCUT2D eigenvalue weighted by Gasteiger charge is -2.13. The smallest absolute Gasteiger partial charge is 0.302 e. The van der Waals surface area contributed by atoms with E-state index < -0.39 is 0 Å². The average molecular weight is 208 g/mol. The van der Waals surface area contributed by atoms with E-state index in [1.54, 1.807) is 0 Å². The number of esters is 1. The number of benzene rings is 1. The number of aryl methyl sites for hydroxylation is 2. The SMILES string of the molecule is CC(=O)OCc1c(C)ccc(C)c1CO. The number of rotatable bonds is 3. The fourth-order valence-electron chi connectivity index (χ4n) is 1.52. The molecule has 0 aliphatic carbocycles. The molecule has 0 aliphatic rings. The summed E-state index contributed by atoms with van der Waals surface area (Å²) in [5, 5.41) is 9.25. The molecular formula is C12H16O3. The number of carbonyl (C=O) groups excluding carboxylic acids is 1. The van der Waals surface area contributed by atoms with Crippen molar-refractivity contribution in [3.05, 3.63) is 34.4 Å². The van der Waals surface area contributed by atoms with Crippen LogP contribution in [-0.2, 0) is 22.7 Å². The zero-order valence-electron chi connectivity index (χ0n) is 9.33. The number of hydrogen-bond acceptors (Lipinski definition) is 3. The molecule has 3 heteroatoms. The fraction of sp³-hybridized carbons (Fsp3) is 0.417. The normalized spacial score (nSPS) is 10.1. The highest BCUT2D eigenvalue weighted by atomic mass is 16.5. The van der Waals surface area contributed by atoms with Crippen LogP contribution in [0.2, 0.25) is 0 Å². The van der Waals surface area contributed by atoms with Crippen LogP contribution in [-0.4, -0.2) is 11.1 Å². The van der Waals surface area contributed by atoms with Crippen LogP contribution in [0, 0.1) is 13.8 Å². The van der Waals surface area contributed by atoms with Crippen LogP contribution in [0.4, 0.5) is 0 Å². The van der Waals surface area contributed by atoms with Gasteiger partial charge in [-0.3, -0.25) is 4.79 Å². The summed E-state index contributed by atoms with van der Waals surface area (Å²) in [5.74, 6) is -0.306. The fourth-order valence-corrected chi connectivity index (χ4v) is 1.52. The quantitative estimate of drug-likeness (QED) is 0.771. The van der Waals surface area contributed by atoms with E-state index in [0.717, 1.165) is 22.3 Å². The highest BCUT2D eigenvalue weighted by Crippen LogP contribution is 2.19. The highest BCUT2D eigenvalue weighted by molar-refractivity contribution is 5.66. The first-order chi connectivity index (χ1) is 7.06. The van der Waals surface area contributed by atoms with Gasteiger partial charge in [0.05, 0.1) is 6.61 Å². The van der Waals surface area contributed by atoms with Gasteiger partial charge in [0.15, 0.2) is 0 Å². The standard InChI is InChI=1S/C12H16O3/c1-8-4-5-9(2)12(11(8)6-13)7-15-10(3)14/h4-5,13H,6-7H2,1-3H3. The highest BCUT2D eigenvalue weighted by Gasteiger charge is 2.09. The second-order valence-corrected chi connectivity index (χ2v) is 3.59. The van der Waals surface area contributed by atoms with E-state index in [4.69, 9.17) is 4.74 Å². The first kappa shape index (κ1) is 11.7. The molecule has 0 amide bonds. The van der Waals surface area contributed by atoms with Crippen molar-refractivity contribution in [3.8, 4) is 0 Å². The molecule has 3 nitrogen and oxygen atoms in total. The first-order valence-electron chi connectivity index (χ1n) is 4.88. The van der Waals surface area contributed by atoms with Gasteiger partial charge in [-0.1, -0.05) is 12.1 Å². The lowest BCUT2D eigenvalue weighted by Crippen LogP contribution is -2.05. The Morgan fingerprint density at radius 3 is 2.27 bits per heavy atom. The Labute approximate surface area is 89.7 Å². The van der Waals surface area contributed by atoms with E-state index in [0.29, 0.717) is 0 Å². The summed E-state index contributed by atoms with van der Waals surface area (Å²) in [4.78, 5) is 10.7. The molecule has 0 fully saturated rings. The Morgan fingerprint density at radius 2 is 1.80 bits per heavy atom. The molecule has 0 atom stereocenters. The van der Waals surface area contributed by atoms with Crippen LogP contribution >= 0.6 is 0 Å². The maximum Gasteiger partial charge on any atom is 0.302 e. The van der Waals surface area contributed by atoms with Gasteiger partial charge in [0.1, 0.15) is 6.61 Å². The Morgan fingerprint density at radius 1 is 1.27 bits per heavy atom. The Balaban J connectivity index is 3.02. The molecule has 1 aromatic carbocycles. The zero-order valence-corrected chi connectivity index (χ0v) is 9.33. The van der Waals surface area contributed by atoms with Gasteiger partial charge in [0.2, 0.25) is 0 Å². The molecule has 0 spiro atoms. The van der Waals surface area contributed by atoms with Crippen LogP contribution in [0.25, 0.3) is 0 Å². The van der Waals surface area contributed by atoms with E-state index in [1.807, 2.05) is 26.0 Å². The van der Waals surface area contributed by atoms with Crippen molar-refractivity contribution >= 4 is 5.97 Å². The van der Waals surface area contributed by atoms with Gasteiger partial charge >= 0.3 is 5.97 Å². The predicted molar refractivity (Wildman–Crippen MR) is 57.3 cm³/mol. The van der Waals surface area contributed by atoms with Gasteiger partial charge in [-0.05, 0) is 36.1 Å². The van der Waals surface area contributed by atoms with Crippen LogP contribution in [0.3, 0.4) is 0 Å². The van der Waals surface area contributed by atoms with E-state index in [9.17, 15) is 9.90 Å². The number of hydrogen-bond donors (Lipinski definition) is 1. The van der Waals surface area contributed by atoms with Gasteiger partial charge in [-0.2, -0.15) is 0 Å². The minimum absolute atomic E-state index is 0.0237. The van der Waals surface area contributed by atoms with Crippen LogP contribution in [0.5, 0.6) is 0 Å². The third-order valence-electron chi connectivity index (χ3n) is 2.48. The second kappa shape index (κ2) is 4.94. The van der Waals surface area contributed by atoms with E-state index in [-0.39, 0.29) is 19.2 Å². The van der Waals surface area contributed by atoms with Gasteiger partial charge in [-0.25, -0.2) is 0 Å². The summed E-state index contributed by atoms with van der Waals surface area (Å²) in [6.45, 7) is 5.46. The van der Waals surface area contributed by atoms with Crippen LogP contribution in [0.1, 0.15) is 29.2 Å². The molecular weight excluding hydrogens is 192 g/mol. The minimum Gasteiger partial charge on any atom is -0.461 e. The summed E-state index contributed by atoms with van der Waals surface area (Å²) >= 11 is 0. The van der Waals surface area contributed by atoms with Gasteiger partial charge < -0.3 is 9.84 Å². The van der Waals surface area contributed by atoms with Crippen LogP contribution < -0.4 is 0 Å². The predicted octanol–water partition coefficient (Wildman–Crippen LogP) is 1.86. The van der Waals surface area contributed by atoms with Crippen molar-refractivity contribution in [1.29, 1.82) is 0 Å². The van der Waals surface area contributed by atoms with Crippen molar-refractivity contribution in [2.45, 2.75) is 34.0 Å². The maximum atomic E-state index is 10.7.